The third-order valence-corrected chi connectivity index (χ3v) is 6.05. The summed E-state index contributed by atoms with van der Waals surface area (Å²) in [7, 11) is 0. The highest BCUT2D eigenvalue weighted by atomic mass is 32.1. The number of phenolic OH excluding ortho intramolecular Hbond substituents is 1. The fourth-order valence-electron chi connectivity index (χ4n) is 3.87. The molecule has 0 aliphatic heterocycles. The van der Waals surface area contributed by atoms with Crippen LogP contribution in [0.4, 0.5) is 4.79 Å². The highest BCUT2D eigenvalue weighted by Crippen LogP contribution is 2.30. The van der Waals surface area contributed by atoms with Crippen LogP contribution in [-0.4, -0.2) is 71.0 Å². The molecule has 220 valence electrons. The molecule has 0 aliphatic rings. The predicted octanol–water partition coefficient (Wildman–Crippen LogP) is 4.12. The summed E-state index contributed by atoms with van der Waals surface area (Å²) in [4.78, 5) is 53.0. The highest BCUT2D eigenvalue weighted by molar-refractivity contribution is 7.80. The Morgan fingerprint density at radius 3 is 2.31 bits per heavy atom. The Hall–Kier alpha value is -2.95. The number of phenols is 1. The molecule has 0 aromatic heterocycles. The van der Waals surface area contributed by atoms with Gasteiger partial charge >= 0.3 is 12.1 Å². The van der Waals surface area contributed by atoms with E-state index in [4.69, 9.17) is 9.47 Å². The van der Waals surface area contributed by atoms with Crippen molar-refractivity contribution in [2.75, 3.05) is 25.4 Å². The molecule has 1 aromatic carbocycles. The molecule has 3 amide bonds. The first-order valence-electron chi connectivity index (χ1n) is 13.6. The maximum absolute atomic E-state index is 13.9. The first kappa shape index (κ1) is 34.1. The molecule has 0 saturated heterocycles. The molecule has 0 spiro atoms. The first-order chi connectivity index (χ1) is 18.4. The SMILES string of the molecule is CCCCCCCN(C(=O)C(CS)NC(=O)OC(C)(C)C)C(C(=O)NCCC(=O)OCC)c1ccccc1O. The maximum Gasteiger partial charge on any atom is 0.408 e. The van der Waals surface area contributed by atoms with E-state index in [0.717, 1.165) is 25.7 Å². The van der Waals surface area contributed by atoms with Crippen LogP contribution < -0.4 is 10.6 Å². The zero-order chi connectivity index (χ0) is 29.4. The second-order valence-electron chi connectivity index (χ2n) is 10.1. The van der Waals surface area contributed by atoms with Crippen molar-refractivity contribution in [3.8, 4) is 5.75 Å². The largest absolute Gasteiger partial charge is 0.508 e. The van der Waals surface area contributed by atoms with Crippen LogP contribution in [-0.2, 0) is 23.9 Å². The van der Waals surface area contributed by atoms with Crippen molar-refractivity contribution in [1.29, 1.82) is 0 Å². The number of ether oxygens (including phenoxy) is 2. The minimum Gasteiger partial charge on any atom is -0.508 e. The molecule has 0 heterocycles. The molecular formula is C28H45N3O7S. The zero-order valence-corrected chi connectivity index (χ0v) is 24.7. The van der Waals surface area contributed by atoms with E-state index in [-0.39, 0.29) is 43.2 Å². The molecule has 0 radical (unpaired) electrons. The summed E-state index contributed by atoms with van der Waals surface area (Å²) >= 11 is 4.28. The molecule has 2 atom stereocenters. The summed E-state index contributed by atoms with van der Waals surface area (Å²) in [6.45, 7) is 9.34. The van der Waals surface area contributed by atoms with Crippen molar-refractivity contribution >= 4 is 36.5 Å². The topological polar surface area (TPSA) is 134 Å². The Balaban J connectivity index is 3.33. The van der Waals surface area contributed by atoms with E-state index in [1.165, 1.54) is 11.0 Å². The Morgan fingerprint density at radius 1 is 1.05 bits per heavy atom. The number of thiol groups is 1. The molecular weight excluding hydrogens is 522 g/mol. The average molecular weight is 568 g/mol. The molecule has 0 bridgehead atoms. The van der Waals surface area contributed by atoms with Gasteiger partial charge in [0, 0.05) is 24.4 Å². The van der Waals surface area contributed by atoms with E-state index in [0.29, 0.717) is 6.42 Å². The van der Waals surface area contributed by atoms with Gasteiger partial charge < -0.3 is 30.1 Å². The number of esters is 1. The van der Waals surface area contributed by atoms with Crippen molar-refractivity contribution < 1.29 is 33.8 Å². The number of amides is 3. The van der Waals surface area contributed by atoms with Crippen LogP contribution in [0.5, 0.6) is 5.75 Å². The summed E-state index contributed by atoms with van der Waals surface area (Å²) < 4.78 is 10.2. The van der Waals surface area contributed by atoms with Crippen LogP contribution in [0.3, 0.4) is 0 Å². The number of benzene rings is 1. The molecule has 2 unspecified atom stereocenters. The summed E-state index contributed by atoms with van der Waals surface area (Å²) in [5.74, 6) is -1.77. The summed E-state index contributed by atoms with van der Waals surface area (Å²) in [6, 6.07) is 3.99. The molecule has 1 rings (SSSR count). The minimum atomic E-state index is -1.21. The van der Waals surface area contributed by atoms with Gasteiger partial charge in [-0.2, -0.15) is 12.6 Å². The minimum absolute atomic E-state index is 0.00749. The lowest BCUT2D eigenvalue weighted by atomic mass is 10.0. The molecule has 3 N–H and O–H groups in total. The number of aromatic hydroxyl groups is 1. The maximum atomic E-state index is 13.9. The van der Waals surface area contributed by atoms with Crippen LogP contribution in [0.25, 0.3) is 0 Å². The second kappa shape index (κ2) is 17.6. The number of nitrogens with zero attached hydrogens (tertiary/aromatic N) is 1. The lowest BCUT2D eigenvalue weighted by Crippen LogP contribution is -2.54. The van der Waals surface area contributed by atoms with Crippen LogP contribution in [0.15, 0.2) is 24.3 Å². The Bertz CT molecular complexity index is 936. The lowest BCUT2D eigenvalue weighted by molar-refractivity contribution is -0.144. The Morgan fingerprint density at radius 2 is 1.72 bits per heavy atom. The normalized spacial score (nSPS) is 12.7. The van der Waals surface area contributed by atoms with Crippen LogP contribution in [0.2, 0.25) is 0 Å². The quantitative estimate of drug-likeness (QED) is 0.134. The lowest BCUT2D eigenvalue weighted by Gasteiger charge is -2.34. The number of carbonyl (C=O) groups excluding carboxylic acids is 4. The van der Waals surface area contributed by atoms with Crippen molar-refractivity contribution in [3.05, 3.63) is 29.8 Å². The van der Waals surface area contributed by atoms with Gasteiger partial charge in [0.25, 0.3) is 0 Å². The van der Waals surface area contributed by atoms with Crippen molar-refractivity contribution in [1.82, 2.24) is 15.5 Å². The molecule has 10 nitrogen and oxygen atoms in total. The van der Waals surface area contributed by atoms with Gasteiger partial charge in [-0.15, -0.1) is 0 Å². The molecule has 0 aliphatic carbocycles. The van der Waals surface area contributed by atoms with E-state index in [9.17, 15) is 24.3 Å². The van der Waals surface area contributed by atoms with Gasteiger partial charge in [-0.1, -0.05) is 50.8 Å². The third kappa shape index (κ3) is 12.6. The molecule has 1 aromatic rings. The van der Waals surface area contributed by atoms with Crippen molar-refractivity contribution in [3.63, 3.8) is 0 Å². The van der Waals surface area contributed by atoms with E-state index in [2.05, 4.69) is 30.2 Å². The Labute approximate surface area is 237 Å². The number of alkyl carbamates (subject to hydrolysis) is 1. The van der Waals surface area contributed by atoms with Crippen LogP contribution >= 0.6 is 12.6 Å². The van der Waals surface area contributed by atoms with Crippen molar-refractivity contribution in [2.45, 2.75) is 90.8 Å². The standard InChI is InChI=1S/C28H45N3O7S/c1-6-8-9-10-13-18-31(26(35)21(19-39)30-27(36)38-28(3,4)5)24(20-14-11-12-15-22(20)32)25(34)29-17-16-23(33)37-7-2/h11-12,14-15,21,24,32,39H,6-10,13,16-19H2,1-5H3,(H,29,34)(H,30,36). The van der Waals surface area contributed by atoms with E-state index >= 15 is 0 Å². The molecule has 0 saturated carbocycles. The third-order valence-electron chi connectivity index (χ3n) is 5.68. The van der Waals surface area contributed by atoms with E-state index < -0.39 is 41.6 Å². The van der Waals surface area contributed by atoms with Gasteiger partial charge in [0.05, 0.1) is 13.0 Å². The van der Waals surface area contributed by atoms with Gasteiger partial charge in [-0.05, 0) is 40.2 Å². The molecule has 39 heavy (non-hydrogen) atoms. The second-order valence-corrected chi connectivity index (χ2v) is 10.5. The number of carbonyl (C=O) groups is 4. The van der Waals surface area contributed by atoms with Gasteiger partial charge in [-0.3, -0.25) is 14.4 Å². The summed E-state index contributed by atoms with van der Waals surface area (Å²) in [6.07, 6.45) is 3.68. The average Bonchev–Trinajstić information content (AvgIpc) is 2.86. The fourth-order valence-corrected chi connectivity index (χ4v) is 4.12. The van der Waals surface area contributed by atoms with E-state index in [1.54, 1.807) is 45.9 Å². The van der Waals surface area contributed by atoms with Gasteiger partial charge in [0.15, 0.2) is 0 Å². The zero-order valence-electron chi connectivity index (χ0n) is 23.8. The Kier molecular flexibility index (Phi) is 15.4. The van der Waals surface area contributed by atoms with E-state index in [1.807, 2.05) is 0 Å². The molecule has 0 fully saturated rings. The van der Waals surface area contributed by atoms with Crippen molar-refractivity contribution in [2.24, 2.45) is 0 Å². The smallest absolute Gasteiger partial charge is 0.408 e. The predicted molar refractivity (Wildman–Crippen MR) is 153 cm³/mol. The number of para-hydroxylation sites is 1. The highest BCUT2D eigenvalue weighted by Gasteiger charge is 2.36. The monoisotopic (exact) mass is 567 g/mol. The number of nitrogens with one attached hydrogen (secondary N) is 2. The number of unbranched alkanes of at least 4 members (excludes halogenated alkanes) is 4. The summed E-state index contributed by atoms with van der Waals surface area (Å²) in [5, 5.41) is 15.9. The fraction of sp³-hybridized carbons (Fsp3) is 0.643. The van der Waals surface area contributed by atoms with Crippen LogP contribution in [0, 0.1) is 0 Å². The number of hydrogen-bond donors (Lipinski definition) is 4. The van der Waals surface area contributed by atoms with Crippen LogP contribution in [0.1, 0.15) is 84.7 Å². The molecule has 11 heteroatoms. The summed E-state index contributed by atoms with van der Waals surface area (Å²) in [5.41, 5.74) is -0.548. The van der Waals surface area contributed by atoms with Gasteiger partial charge in [0.2, 0.25) is 11.8 Å². The first-order valence-corrected chi connectivity index (χ1v) is 14.2. The van der Waals surface area contributed by atoms with Gasteiger partial charge in [-0.25, -0.2) is 4.79 Å². The van der Waals surface area contributed by atoms with Gasteiger partial charge in [0.1, 0.15) is 23.4 Å². The number of rotatable bonds is 16. The number of hydrogen-bond acceptors (Lipinski definition) is 8.